The second-order valence-electron chi connectivity index (χ2n) is 4.81. The first-order chi connectivity index (χ1) is 9.11. The van der Waals surface area contributed by atoms with Crippen molar-refractivity contribution in [3.8, 4) is 0 Å². The van der Waals surface area contributed by atoms with E-state index in [1.807, 2.05) is 17.5 Å². The number of amides is 1. The van der Waals surface area contributed by atoms with Crippen molar-refractivity contribution < 1.29 is 14.7 Å². The van der Waals surface area contributed by atoms with Crippen LogP contribution in [0.2, 0.25) is 0 Å². The highest BCUT2D eigenvalue weighted by Gasteiger charge is 2.42. The van der Waals surface area contributed by atoms with Gasteiger partial charge >= 0.3 is 5.97 Å². The van der Waals surface area contributed by atoms with Crippen LogP contribution in [0.1, 0.15) is 35.4 Å². The monoisotopic (exact) mass is 295 g/mol. The standard InChI is InChI=1S/C13H13NO3S2/c15-11(10-7-9-8(19-10)3-6-18-9)14-13(12(16)17)4-1-2-5-13/h3,6-7H,1-2,4-5H2,(H,14,15)(H,16,17). The maximum atomic E-state index is 12.2. The van der Waals surface area contributed by atoms with Crippen molar-refractivity contribution in [1.29, 1.82) is 0 Å². The molecule has 1 saturated carbocycles. The van der Waals surface area contributed by atoms with Gasteiger partial charge in [-0.3, -0.25) is 4.79 Å². The van der Waals surface area contributed by atoms with Crippen LogP contribution < -0.4 is 5.32 Å². The molecule has 0 radical (unpaired) electrons. The maximum Gasteiger partial charge on any atom is 0.329 e. The number of thiophene rings is 2. The Morgan fingerprint density at radius 3 is 2.63 bits per heavy atom. The number of carboxylic acids is 1. The molecule has 2 N–H and O–H groups in total. The number of aliphatic carboxylic acids is 1. The molecule has 0 aliphatic heterocycles. The summed E-state index contributed by atoms with van der Waals surface area (Å²) in [7, 11) is 0. The van der Waals surface area contributed by atoms with Crippen molar-refractivity contribution >= 4 is 43.9 Å². The van der Waals surface area contributed by atoms with Crippen LogP contribution in [0.5, 0.6) is 0 Å². The van der Waals surface area contributed by atoms with E-state index in [0.717, 1.165) is 22.2 Å². The average Bonchev–Trinajstić information content (AvgIpc) is 3.02. The van der Waals surface area contributed by atoms with Gasteiger partial charge in [-0.1, -0.05) is 12.8 Å². The van der Waals surface area contributed by atoms with E-state index >= 15 is 0 Å². The predicted octanol–water partition coefficient (Wildman–Crippen LogP) is 3.09. The molecule has 2 aromatic heterocycles. The molecule has 2 heterocycles. The molecular weight excluding hydrogens is 282 g/mol. The van der Waals surface area contributed by atoms with Gasteiger partial charge in [0.2, 0.25) is 0 Å². The highest BCUT2D eigenvalue weighted by molar-refractivity contribution is 7.27. The summed E-state index contributed by atoms with van der Waals surface area (Å²) in [5, 5.41) is 14.1. The molecule has 100 valence electrons. The zero-order valence-electron chi connectivity index (χ0n) is 10.1. The summed E-state index contributed by atoms with van der Waals surface area (Å²) in [5.74, 6) is -1.19. The van der Waals surface area contributed by atoms with Gasteiger partial charge in [0, 0.05) is 9.40 Å². The second-order valence-corrected chi connectivity index (χ2v) is 6.84. The first-order valence-corrected chi connectivity index (χ1v) is 7.83. The van der Waals surface area contributed by atoms with Crippen molar-refractivity contribution in [2.24, 2.45) is 0 Å². The number of carbonyl (C=O) groups is 2. The van der Waals surface area contributed by atoms with E-state index in [0.29, 0.717) is 17.7 Å². The zero-order valence-corrected chi connectivity index (χ0v) is 11.8. The van der Waals surface area contributed by atoms with E-state index in [1.165, 1.54) is 11.3 Å². The Labute approximate surface area is 118 Å². The second kappa shape index (κ2) is 4.61. The Morgan fingerprint density at radius 1 is 1.26 bits per heavy atom. The van der Waals surface area contributed by atoms with Crippen LogP contribution in [0.25, 0.3) is 9.40 Å². The van der Waals surface area contributed by atoms with Crippen molar-refractivity contribution in [2.45, 2.75) is 31.2 Å². The first kappa shape index (κ1) is 12.6. The minimum absolute atomic E-state index is 0.266. The van der Waals surface area contributed by atoms with Crippen LogP contribution >= 0.6 is 22.7 Å². The lowest BCUT2D eigenvalue weighted by atomic mass is 9.98. The van der Waals surface area contributed by atoms with E-state index in [-0.39, 0.29) is 5.91 Å². The molecule has 1 aliphatic rings. The molecule has 0 atom stereocenters. The Hall–Kier alpha value is -1.40. The van der Waals surface area contributed by atoms with Crippen molar-refractivity contribution in [2.75, 3.05) is 0 Å². The number of nitrogens with one attached hydrogen (secondary N) is 1. The predicted molar refractivity (Wildman–Crippen MR) is 76.0 cm³/mol. The third-order valence-corrected chi connectivity index (χ3v) is 5.67. The van der Waals surface area contributed by atoms with E-state index in [9.17, 15) is 14.7 Å². The number of carboxylic acid groups (broad SMARTS) is 1. The maximum absolute atomic E-state index is 12.2. The fourth-order valence-corrected chi connectivity index (χ4v) is 4.53. The third-order valence-electron chi connectivity index (χ3n) is 3.58. The molecule has 0 aromatic carbocycles. The highest BCUT2D eigenvalue weighted by Crippen LogP contribution is 2.33. The van der Waals surface area contributed by atoms with Crippen LogP contribution in [0.3, 0.4) is 0 Å². The summed E-state index contributed by atoms with van der Waals surface area (Å²) in [4.78, 5) is 24.2. The number of hydrogen-bond acceptors (Lipinski definition) is 4. The van der Waals surface area contributed by atoms with Gasteiger partial charge in [0.1, 0.15) is 5.54 Å². The van der Waals surface area contributed by atoms with Gasteiger partial charge in [-0.15, -0.1) is 22.7 Å². The SMILES string of the molecule is O=C(NC1(C(=O)O)CCCC1)c1cc2sccc2s1. The van der Waals surface area contributed by atoms with Crippen LogP contribution in [0.4, 0.5) is 0 Å². The summed E-state index contributed by atoms with van der Waals surface area (Å²) < 4.78 is 2.15. The van der Waals surface area contributed by atoms with E-state index in [2.05, 4.69) is 5.32 Å². The van der Waals surface area contributed by atoms with Crippen LogP contribution in [-0.4, -0.2) is 22.5 Å². The van der Waals surface area contributed by atoms with Crippen LogP contribution in [0, 0.1) is 0 Å². The normalized spacial score (nSPS) is 17.7. The molecule has 2 aromatic rings. The number of hydrogen-bond donors (Lipinski definition) is 2. The fourth-order valence-electron chi connectivity index (χ4n) is 2.53. The van der Waals surface area contributed by atoms with Gasteiger partial charge in [-0.25, -0.2) is 4.79 Å². The third kappa shape index (κ3) is 2.15. The largest absolute Gasteiger partial charge is 0.480 e. The molecule has 1 aliphatic carbocycles. The van der Waals surface area contributed by atoms with Crippen LogP contribution in [-0.2, 0) is 4.79 Å². The van der Waals surface area contributed by atoms with E-state index < -0.39 is 11.5 Å². The lowest BCUT2D eigenvalue weighted by molar-refractivity contribution is -0.144. The van der Waals surface area contributed by atoms with Gasteiger partial charge in [-0.2, -0.15) is 0 Å². The first-order valence-electron chi connectivity index (χ1n) is 6.14. The topological polar surface area (TPSA) is 66.4 Å². The van der Waals surface area contributed by atoms with Crippen molar-refractivity contribution in [3.05, 3.63) is 22.4 Å². The fraction of sp³-hybridized carbons (Fsp3) is 0.385. The smallest absolute Gasteiger partial charge is 0.329 e. The summed E-state index contributed by atoms with van der Waals surface area (Å²) >= 11 is 3.00. The molecule has 4 nitrogen and oxygen atoms in total. The van der Waals surface area contributed by atoms with Gasteiger partial charge in [-0.05, 0) is 30.4 Å². The summed E-state index contributed by atoms with van der Waals surface area (Å²) in [5.41, 5.74) is -1.06. The quantitative estimate of drug-likeness (QED) is 0.914. The Bertz CT molecular complexity index is 609. The molecule has 1 fully saturated rings. The summed E-state index contributed by atoms with van der Waals surface area (Å²) in [6.07, 6.45) is 2.75. The van der Waals surface area contributed by atoms with Gasteiger partial charge < -0.3 is 10.4 Å². The van der Waals surface area contributed by atoms with E-state index in [4.69, 9.17) is 0 Å². The number of rotatable bonds is 3. The molecule has 0 saturated heterocycles. The molecule has 3 rings (SSSR count). The van der Waals surface area contributed by atoms with Crippen LogP contribution in [0.15, 0.2) is 17.5 Å². The van der Waals surface area contributed by atoms with Gasteiger partial charge in [0.15, 0.2) is 0 Å². The Morgan fingerprint density at radius 2 is 2.00 bits per heavy atom. The number of carbonyl (C=O) groups excluding carboxylic acids is 1. The zero-order chi connectivity index (χ0) is 13.5. The van der Waals surface area contributed by atoms with E-state index in [1.54, 1.807) is 11.3 Å². The molecular formula is C13H13NO3S2. The molecule has 6 heteroatoms. The molecule has 19 heavy (non-hydrogen) atoms. The van der Waals surface area contributed by atoms with Gasteiger partial charge in [0.05, 0.1) is 4.88 Å². The van der Waals surface area contributed by atoms with Crippen molar-refractivity contribution in [3.63, 3.8) is 0 Å². The molecule has 0 bridgehead atoms. The number of fused-ring (bicyclic) bond motifs is 1. The lowest BCUT2D eigenvalue weighted by Crippen LogP contribution is -2.52. The highest BCUT2D eigenvalue weighted by atomic mass is 32.1. The average molecular weight is 295 g/mol. The lowest BCUT2D eigenvalue weighted by Gasteiger charge is -2.24. The molecule has 0 spiro atoms. The Balaban J connectivity index is 1.84. The van der Waals surface area contributed by atoms with Gasteiger partial charge in [0.25, 0.3) is 5.91 Å². The molecule has 1 amide bonds. The summed E-state index contributed by atoms with van der Waals surface area (Å²) in [6, 6.07) is 3.81. The minimum Gasteiger partial charge on any atom is -0.480 e. The Kier molecular flexibility index (Phi) is 3.06. The van der Waals surface area contributed by atoms with Crippen molar-refractivity contribution in [1.82, 2.24) is 5.32 Å². The minimum atomic E-state index is -1.06. The summed E-state index contributed by atoms with van der Waals surface area (Å²) in [6.45, 7) is 0. The molecule has 0 unspecified atom stereocenters.